The molecule has 0 bridgehead atoms. The van der Waals surface area contributed by atoms with Gasteiger partial charge >= 0.3 is 5.97 Å². The highest BCUT2D eigenvalue weighted by Crippen LogP contribution is 2.42. The molecule has 2 nitrogen and oxygen atoms in total. The van der Waals surface area contributed by atoms with E-state index in [0.29, 0.717) is 6.42 Å². The predicted octanol–water partition coefficient (Wildman–Crippen LogP) is 6.11. The molecule has 2 heteroatoms. The molecule has 0 radical (unpaired) electrons. The first-order valence-corrected chi connectivity index (χ1v) is 9.14. The maximum absolute atomic E-state index is 10.4. The van der Waals surface area contributed by atoms with Crippen molar-refractivity contribution in [2.75, 3.05) is 0 Å². The van der Waals surface area contributed by atoms with Gasteiger partial charge in [-0.2, -0.15) is 0 Å². The van der Waals surface area contributed by atoms with Crippen LogP contribution in [0.1, 0.15) is 96.8 Å². The fraction of sp³-hybridized carbons (Fsp3) is 0.842. The topological polar surface area (TPSA) is 37.3 Å². The van der Waals surface area contributed by atoms with Crippen LogP contribution in [0.4, 0.5) is 0 Å². The van der Waals surface area contributed by atoms with Crippen molar-refractivity contribution in [3.63, 3.8) is 0 Å². The largest absolute Gasteiger partial charge is 0.481 e. The van der Waals surface area contributed by atoms with Crippen molar-refractivity contribution >= 4 is 5.97 Å². The SMILES string of the molecule is CCCCCCCCC=C1CC1CCCCCCC(=O)O. The van der Waals surface area contributed by atoms with Crippen LogP contribution in [0, 0.1) is 5.92 Å². The van der Waals surface area contributed by atoms with E-state index in [2.05, 4.69) is 13.0 Å². The number of carbonyl (C=O) groups is 1. The molecular weight excluding hydrogens is 260 g/mol. The van der Waals surface area contributed by atoms with E-state index in [0.717, 1.165) is 18.8 Å². The summed E-state index contributed by atoms with van der Waals surface area (Å²) >= 11 is 0. The standard InChI is InChI=1S/C19H34O2/c1-2-3-4-5-6-7-10-13-17-16-18(17)14-11-8-9-12-15-19(20)21/h13,18H,2-12,14-16H2,1H3,(H,20,21). The first-order chi connectivity index (χ1) is 10.2. The highest BCUT2D eigenvalue weighted by atomic mass is 16.4. The van der Waals surface area contributed by atoms with E-state index >= 15 is 0 Å². The van der Waals surface area contributed by atoms with E-state index in [1.54, 1.807) is 5.57 Å². The van der Waals surface area contributed by atoms with Crippen molar-refractivity contribution in [1.29, 1.82) is 0 Å². The van der Waals surface area contributed by atoms with Crippen molar-refractivity contribution in [3.8, 4) is 0 Å². The summed E-state index contributed by atoms with van der Waals surface area (Å²) < 4.78 is 0. The van der Waals surface area contributed by atoms with Gasteiger partial charge in [-0.25, -0.2) is 0 Å². The number of carboxylic acids is 1. The van der Waals surface area contributed by atoms with Gasteiger partial charge in [-0.15, -0.1) is 0 Å². The van der Waals surface area contributed by atoms with Gasteiger partial charge in [0.05, 0.1) is 0 Å². The summed E-state index contributed by atoms with van der Waals surface area (Å²) in [5, 5.41) is 8.56. The molecule has 1 aliphatic carbocycles. The van der Waals surface area contributed by atoms with Gasteiger partial charge in [-0.1, -0.05) is 69.9 Å². The molecule has 0 aromatic rings. The van der Waals surface area contributed by atoms with E-state index in [9.17, 15) is 4.79 Å². The van der Waals surface area contributed by atoms with E-state index in [-0.39, 0.29) is 0 Å². The van der Waals surface area contributed by atoms with Crippen LogP contribution in [0.5, 0.6) is 0 Å². The Kier molecular flexibility index (Phi) is 10.3. The molecular formula is C19H34O2. The van der Waals surface area contributed by atoms with E-state index in [1.807, 2.05) is 0 Å². The van der Waals surface area contributed by atoms with Crippen molar-refractivity contribution in [2.24, 2.45) is 5.92 Å². The molecule has 0 spiro atoms. The molecule has 1 atom stereocenters. The van der Waals surface area contributed by atoms with Gasteiger partial charge in [0.1, 0.15) is 0 Å². The van der Waals surface area contributed by atoms with E-state index in [4.69, 9.17) is 5.11 Å². The van der Waals surface area contributed by atoms with Gasteiger partial charge in [-0.3, -0.25) is 4.79 Å². The summed E-state index contributed by atoms with van der Waals surface area (Å²) in [4.78, 5) is 10.4. The molecule has 0 amide bonds. The molecule has 1 fully saturated rings. The molecule has 0 saturated heterocycles. The van der Waals surface area contributed by atoms with Gasteiger partial charge in [0.2, 0.25) is 0 Å². The number of allylic oxidation sites excluding steroid dienone is 2. The lowest BCUT2D eigenvalue weighted by molar-refractivity contribution is -0.137. The Bertz CT molecular complexity index is 307. The van der Waals surface area contributed by atoms with Gasteiger partial charge in [0.25, 0.3) is 0 Å². The molecule has 1 N–H and O–H groups in total. The average molecular weight is 294 g/mol. The highest BCUT2D eigenvalue weighted by Gasteiger charge is 2.27. The van der Waals surface area contributed by atoms with Crippen LogP contribution < -0.4 is 0 Å². The second-order valence-corrected chi connectivity index (χ2v) is 6.58. The maximum atomic E-state index is 10.4. The fourth-order valence-electron chi connectivity index (χ4n) is 3.00. The Balaban J connectivity index is 1.85. The molecule has 0 aromatic heterocycles. The zero-order valence-corrected chi connectivity index (χ0v) is 13.9. The zero-order chi connectivity index (χ0) is 15.3. The Morgan fingerprint density at radius 3 is 2.48 bits per heavy atom. The molecule has 1 unspecified atom stereocenters. The van der Waals surface area contributed by atoms with Gasteiger partial charge in [0.15, 0.2) is 0 Å². The average Bonchev–Trinajstić information content (AvgIpc) is 3.20. The molecule has 1 rings (SSSR count). The summed E-state index contributed by atoms with van der Waals surface area (Å²) in [5.74, 6) is 0.224. The van der Waals surface area contributed by atoms with Crippen LogP contribution in [0.3, 0.4) is 0 Å². The van der Waals surface area contributed by atoms with Crippen molar-refractivity contribution in [3.05, 3.63) is 11.6 Å². The lowest BCUT2D eigenvalue weighted by Crippen LogP contribution is -1.93. The Hall–Kier alpha value is -0.790. The van der Waals surface area contributed by atoms with Crippen LogP contribution in [0.2, 0.25) is 0 Å². The Morgan fingerprint density at radius 1 is 1.05 bits per heavy atom. The summed E-state index contributed by atoms with van der Waals surface area (Å²) in [5.41, 5.74) is 1.70. The number of rotatable bonds is 14. The molecule has 0 aromatic carbocycles. The number of aliphatic carboxylic acids is 1. The summed E-state index contributed by atoms with van der Waals surface area (Å²) in [6, 6.07) is 0. The monoisotopic (exact) mass is 294 g/mol. The number of hydrogen-bond acceptors (Lipinski definition) is 1. The first kappa shape index (κ1) is 18.3. The second-order valence-electron chi connectivity index (χ2n) is 6.58. The Labute approximate surface area is 131 Å². The molecule has 0 aliphatic heterocycles. The van der Waals surface area contributed by atoms with Crippen molar-refractivity contribution < 1.29 is 9.90 Å². The summed E-state index contributed by atoms with van der Waals surface area (Å²) in [6.07, 6.45) is 19.5. The van der Waals surface area contributed by atoms with Crippen LogP contribution in [-0.2, 0) is 4.79 Å². The minimum atomic E-state index is -0.655. The van der Waals surface area contributed by atoms with Crippen LogP contribution >= 0.6 is 0 Å². The quantitative estimate of drug-likeness (QED) is 0.310. The molecule has 1 aliphatic rings. The summed E-state index contributed by atoms with van der Waals surface area (Å²) in [7, 11) is 0. The van der Waals surface area contributed by atoms with Crippen molar-refractivity contribution in [1.82, 2.24) is 0 Å². The number of carboxylic acid groups (broad SMARTS) is 1. The normalized spacial score (nSPS) is 19.1. The lowest BCUT2D eigenvalue weighted by Gasteiger charge is -1.99. The predicted molar refractivity (Wildman–Crippen MR) is 89.5 cm³/mol. The van der Waals surface area contributed by atoms with Crippen molar-refractivity contribution in [2.45, 2.75) is 96.8 Å². The van der Waals surface area contributed by atoms with Crippen LogP contribution in [-0.4, -0.2) is 11.1 Å². The highest BCUT2D eigenvalue weighted by molar-refractivity contribution is 5.66. The fourth-order valence-corrected chi connectivity index (χ4v) is 3.00. The van der Waals surface area contributed by atoms with Gasteiger partial charge in [-0.05, 0) is 38.0 Å². The number of hydrogen-bond donors (Lipinski definition) is 1. The second kappa shape index (κ2) is 11.8. The maximum Gasteiger partial charge on any atom is 0.303 e. The van der Waals surface area contributed by atoms with E-state index < -0.39 is 5.97 Å². The third kappa shape index (κ3) is 10.6. The summed E-state index contributed by atoms with van der Waals surface area (Å²) in [6.45, 7) is 2.27. The Morgan fingerprint density at radius 2 is 1.71 bits per heavy atom. The van der Waals surface area contributed by atoms with Crippen LogP contribution in [0.15, 0.2) is 11.6 Å². The minimum Gasteiger partial charge on any atom is -0.481 e. The number of unbranched alkanes of at least 4 members (excludes halogenated alkanes) is 9. The first-order valence-electron chi connectivity index (χ1n) is 9.14. The van der Waals surface area contributed by atoms with Crippen LogP contribution in [0.25, 0.3) is 0 Å². The third-order valence-corrected chi connectivity index (χ3v) is 4.50. The molecule has 1 saturated carbocycles. The van der Waals surface area contributed by atoms with Gasteiger partial charge < -0.3 is 5.11 Å². The zero-order valence-electron chi connectivity index (χ0n) is 13.9. The molecule has 21 heavy (non-hydrogen) atoms. The lowest BCUT2D eigenvalue weighted by atomic mass is 10.1. The van der Waals surface area contributed by atoms with Gasteiger partial charge in [0, 0.05) is 6.42 Å². The molecule has 122 valence electrons. The third-order valence-electron chi connectivity index (χ3n) is 4.50. The smallest absolute Gasteiger partial charge is 0.303 e. The molecule has 0 heterocycles. The minimum absolute atomic E-state index is 0.340. The van der Waals surface area contributed by atoms with E-state index in [1.165, 1.54) is 70.6 Å².